The van der Waals surface area contributed by atoms with Crippen LogP contribution in [0.15, 0.2) is 60.7 Å². The van der Waals surface area contributed by atoms with Crippen molar-refractivity contribution in [1.82, 2.24) is 0 Å². The first kappa shape index (κ1) is 17.5. The van der Waals surface area contributed by atoms with Gasteiger partial charge in [0.1, 0.15) is 0 Å². The summed E-state index contributed by atoms with van der Waals surface area (Å²) >= 11 is 0. The summed E-state index contributed by atoms with van der Waals surface area (Å²) in [6.45, 7) is 2.27. The molecule has 0 radical (unpaired) electrons. The predicted octanol–water partition coefficient (Wildman–Crippen LogP) is 4.54. The lowest BCUT2D eigenvalue weighted by molar-refractivity contribution is 0.417. The van der Waals surface area contributed by atoms with Crippen LogP contribution >= 0.6 is 0 Å². The SMILES string of the molecule is CC[C+]1c2ccccc2Cc2ccc3ccccc3c21.O=S(=O)([O-])F. The van der Waals surface area contributed by atoms with Gasteiger partial charge >= 0.3 is 0 Å². The Labute approximate surface area is 147 Å². The van der Waals surface area contributed by atoms with Gasteiger partial charge in [0, 0.05) is 28.5 Å². The molecule has 3 nitrogen and oxygen atoms in total. The quantitative estimate of drug-likeness (QED) is 0.365. The first-order chi connectivity index (χ1) is 11.9. The van der Waals surface area contributed by atoms with E-state index in [2.05, 4.69) is 67.6 Å². The Hall–Kier alpha value is -2.37. The summed E-state index contributed by atoms with van der Waals surface area (Å²) in [4.78, 5) is 0. The fourth-order valence-electron chi connectivity index (χ4n) is 3.50. The van der Waals surface area contributed by atoms with Crippen molar-refractivity contribution >= 4 is 21.3 Å². The molecule has 3 aromatic carbocycles. The van der Waals surface area contributed by atoms with Crippen molar-refractivity contribution in [2.45, 2.75) is 19.8 Å². The van der Waals surface area contributed by atoms with Crippen LogP contribution in [0.5, 0.6) is 0 Å². The highest BCUT2D eigenvalue weighted by atomic mass is 32.3. The summed E-state index contributed by atoms with van der Waals surface area (Å²) < 4.78 is 35.3. The number of benzene rings is 3. The van der Waals surface area contributed by atoms with Crippen molar-refractivity contribution in [2.75, 3.05) is 0 Å². The van der Waals surface area contributed by atoms with E-state index in [4.69, 9.17) is 13.0 Å². The summed E-state index contributed by atoms with van der Waals surface area (Å²) in [6.07, 6.45) is 2.14. The van der Waals surface area contributed by atoms with Crippen molar-refractivity contribution in [3.8, 4) is 0 Å². The van der Waals surface area contributed by atoms with Crippen LogP contribution in [-0.4, -0.2) is 13.0 Å². The van der Waals surface area contributed by atoms with E-state index in [1.165, 1.54) is 38.9 Å². The van der Waals surface area contributed by atoms with Crippen LogP contribution in [0, 0.1) is 5.92 Å². The van der Waals surface area contributed by atoms with Crippen LogP contribution in [0.4, 0.5) is 3.89 Å². The third-order valence-electron chi connectivity index (χ3n) is 4.39. The summed E-state index contributed by atoms with van der Waals surface area (Å²) in [5.41, 5.74) is 5.86. The van der Waals surface area contributed by atoms with Gasteiger partial charge < -0.3 is 4.55 Å². The van der Waals surface area contributed by atoms with E-state index in [0.717, 1.165) is 12.8 Å². The first-order valence-electron chi connectivity index (χ1n) is 7.99. The minimum atomic E-state index is -5.42. The molecule has 0 spiro atoms. The molecule has 0 fully saturated rings. The molecule has 1 aliphatic carbocycles. The minimum absolute atomic E-state index is 1.06. The van der Waals surface area contributed by atoms with Crippen molar-refractivity contribution in [3.63, 3.8) is 0 Å². The van der Waals surface area contributed by atoms with Gasteiger partial charge in [-0.05, 0) is 48.9 Å². The van der Waals surface area contributed by atoms with E-state index in [1.54, 1.807) is 0 Å². The smallest absolute Gasteiger partial charge is 0.255 e. The Morgan fingerprint density at radius 2 is 1.64 bits per heavy atom. The molecule has 0 saturated carbocycles. The van der Waals surface area contributed by atoms with E-state index >= 15 is 0 Å². The maximum absolute atomic E-state index is 10.1. The topological polar surface area (TPSA) is 57.2 Å². The van der Waals surface area contributed by atoms with Gasteiger partial charge in [0.25, 0.3) is 10.5 Å². The molecule has 0 amide bonds. The maximum atomic E-state index is 10.1. The molecule has 0 heterocycles. The van der Waals surface area contributed by atoms with Crippen molar-refractivity contribution in [2.24, 2.45) is 0 Å². The molecule has 0 N–H and O–H groups in total. The second kappa shape index (κ2) is 6.86. The van der Waals surface area contributed by atoms with E-state index in [-0.39, 0.29) is 0 Å². The Bertz CT molecular complexity index is 1000. The van der Waals surface area contributed by atoms with E-state index in [1.807, 2.05) is 0 Å². The van der Waals surface area contributed by atoms with E-state index in [9.17, 15) is 3.89 Å². The van der Waals surface area contributed by atoms with Crippen LogP contribution in [0.1, 0.15) is 35.6 Å². The minimum Gasteiger partial charge on any atom is -0.722 e. The molecule has 0 bridgehead atoms. The summed E-state index contributed by atoms with van der Waals surface area (Å²) in [7, 11) is -5.42. The highest BCUT2D eigenvalue weighted by Crippen LogP contribution is 2.41. The third kappa shape index (κ3) is 3.83. The second-order valence-electron chi connectivity index (χ2n) is 5.88. The van der Waals surface area contributed by atoms with Crippen LogP contribution in [0.2, 0.25) is 0 Å². The number of halogens is 1. The zero-order chi connectivity index (χ0) is 18.0. The molecule has 0 atom stereocenters. The van der Waals surface area contributed by atoms with Gasteiger partial charge in [0.05, 0.1) is 22.9 Å². The molecule has 25 heavy (non-hydrogen) atoms. The number of rotatable bonds is 1. The Morgan fingerprint density at radius 3 is 2.36 bits per heavy atom. The van der Waals surface area contributed by atoms with Gasteiger partial charge in [-0.3, -0.25) is 0 Å². The van der Waals surface area contributed by atoms with Crippen molar-refractivity contribution < 1.29 is 16.9 Å². The molecule has 0 unspecified atom stereocenters. The van der Waals surface area contributed by atoms with Gasteiger partial charge in [-0.1, -0.05) is 19.1 Å². The molecule has 0 saturated heterocycles. The van der Waals surface area contributed by atoms with Crippen molar-refractivity contribution in [3.05, 3.63) is 88.8 Å². The molecule has 128 valence electrons. The molecule has 0 aromatic heterocycles. The fourth-order valence-corrected chi connectivity index (χ4v) is 3.50. The highest BCUT2D eigenvalue weighted by molar-refractivity contribution is 7.80. The highest BCUT2D eigenvalue weighted by Gasteiger charge is 2.32. The first-order valence-corrected chi connectivity index (χ1v) is 9.30. The van der Waals surface area contributed by atoms with Gasteiger partial charge in [0.2, 0.25) is 0 Å². The third-order valence-corrected chi connectivity index (χ3v) is 4.39. The van der Waals surface area contributed by atoms with E-state index in [0.29, 0.717) is 0 Å². The van der Waals surface area contributed by atoms with Gasteiger partial charge in [0.15, 0.2) is 0 Å². The molecule has 0 aliphatic heterocycles. The second-order valence-corrected chi connectivity index (χ2v) is 6.67. The lowest BCUT2D eigenvalue weighted by Gasteiger charge is -2.22. The molecular weight excluding hydrogens is 339 g/mol. The molecule has 4 rings (SSSR count). The zero-order valence-corrected chi connectivity index (χ0v) is 14.5. The van der Waals surface area contributed by atoms with Crippen LogP contribution < -0.4 is 0 Å². The lowest BCUT2D eigenvalue weighted by Crippen LogP contribution is -2.14. The zero-order valence-electron chi connectivity index (χ0n) is 13.7. The average Bonchev–Trinajstić information content (AvgIpc) is 2.58. The van der Waals surface area contributed by atoms with Crippen LogP contribution in [-0.2, 0) is 16.9 Å². The van der Waals surface area contributed by atoms with Gasteiger partial charge in [-0.25, -0.2) is 8.42 Å². The van der Waals surface area contributed by atoms with Crippen LogP contribution in [0.25, 0.3) is 10.8 Å². The largest absolute Gasteiger partial charge is 0.722 e. The summed E-state index contributed by atoms with van der Waals surface area (Å²) in [6, 6.07) is 22.2. The average molecular weight is 356 g/mol. The number of hydrogen-bond donors (Lipinski definition) is 0. The molecule has 1 aliphatic rings. The van der Waals surface area contributed by atoms with Gasteiger partial charge in [-0.2, -0.15) is 0 Å². The molecule has 5 heteroatoms. The normalized spacial score (nSPS) is 12.8. The number of hydrogen-bond acceptors (Lipinski definition) is 3. The Morgan fingerprint density at radius 1 is 1.00 bits per heavy atom. The standard InChI is InChI=1S/C20H17.FHO3S/c1-2-17-18-9-5-4-8-15(18)13-16-12-11-14-7-3-6-10-19(14)20(16)17;1-5(2,3)4/h3-12H,2,13H2,1H3;(H,2,3,4)/q+1;/p-1. The molecule has 3 aromatic rings. The monoisotopic (exact) mass is 356 g/mol. The maximum Gasteiger partial charge on any atom is 0.255 e. The van der Waals surface area contributed by atoms with Gasteiger partial charge in [-0.15, -0.1) is 3.89 Å². The van der Waals surface area contributed by atoms with Crippen LogP contribution in [0.3, 0.4) is 0 Å². The fraction of sp³-hybridized carbons (Fsp3) is 0.150. The van der Waals surface area contributed by atoms with E-state index < -0.39 is 10.5 Å². The van der Waals surface area contributed by atoms with Crippen molar-refractivity contribution in [1.29, 1.82) is 0 Å². The summed E-state index contributed by atoms with van der Waals surface area (Å²) in [5, 5.41) is 2.74. The Kier molecular flexibility index (Phi) is 4.79. The predicted molar refractivity (Wildman–Crippen MR) is 95.7 cm³/mol. The Balaban J connectivity index is 0.000000324. The lowest BCUT2D eigenvalue weighted by atomic mass is 9.75. The summed E-state index contributed by atoms with van der Waals surface area (Å²) in [5.74, 6) is 1.50. The number of fused-ring (bicyclic) bond motifs is 4. The molecular formula is C20H17FO3S.